The minimum atomic E-state index is -1.41. The molecule has 2 aromatic rings. The van der Waals surface area contributed by atoms with E-state index in [1.54, 1.807) is 43.5 Å². The molecule has 1 heterocycles. The molecule has 0 spiro atoms. The number of carboxylic acids is 1. The first-order valence-corrected chi connectivity index (χ1v) is 9.01. The molecule has 0 fully saturated rings. The van der Waals surface area contributed by atoms with Crippen LogP contribution in [0, 0.1) is 0 Å². The monoisotopic (exact) mass is 396 g/mol. The number of carbonyl (C=O) groups is 4. The predicted molar refractivity (Wildman–Crippen MR) is 102 cm³/mol. The Morgan fingerprint density at radius 2 is 1.62 bits per heavy atom. The smallest absolute Gasteiger partial charge is 0.326 e. The molecule has 3 amide bonds. The lowest BCUT2D eigenvalue weighted by molar-refractivity contribution is -0.142. The third-order valence-corrected chi connectivity index (χ3v) is 4.72. The first-order valence-electron chi connectivity index (χ1n) is 9.01. The highest BCUT2D eigenvalue weighted by molar-refractivity contribution is 6.22. The first-order chi connectivity index (χ1) is 13.9. The van der Waals surface area contributed by atoms with E-state index in [-0.39, 0.29) is 36.4 Å². The number of methoxy groups -OCH3 is 1. The highest BCUT2D eigenvalue weighted by Gasteiger charge is 2.42. The number of hydrogen-bond donors (Lipinski definition) is 2. The van der Waals surface area contributed by atoms with Gasteiger partial charge in [-0.25, -0.2) is 4.79 Å². The SMILES string of the molecule is COc1ccc(CNC(=O)CCC(C(=O)O)N2C(=O)c3ccccc3C2=O)cc1. The van der Waals surface area contributed by atoms with Crippen molar-refractivity contribution < 1.29 is 29.0 Å². The maximum absolute atomic E-state index is 12.5. The molecule has 3 rings (SSSR count). The molecule has 8 heteroatoms. The number of aliphatic carboxylic acids is 1. The van der Waals surface area contributed by atoms with Gasteiger partial charge in [0.15, 0.2) is 0 Å². The van der Waals surface area contributed by atoms with E-state index in [9.17, 15) is 24.3 Å². The third-order valence-electron chi connectivity index (χ3n) is 4.72. The molecule has 1 atom stereocenters. The summed E-state index contributed by atoms with van der Waals surface area (Å²) in [6.07, 6.45) is -0.310. The second-order valence-corrected chi connectivity index (χ2v) is 6.54. The van der Waals surface area contributed by atoms with Crippen LogP contribution in [0.1, 0.15) is 39.1 Å². The molecule has 0 bridgehead atoms. The van der Waals surface area contributed by atoms with Crippen molar-refractivity contribution in [3.8, 4) is 5.75 Å². The number of rotatable bonds is 8. The molecule has 0 radical (unpaired) electrons. The van der Waals surface area contributed by atoms with Gasteiger partial charge in [0, 0.05) is 13.0 Å². The van der Waals surface area contributed by atoms with Gasteiger partial charge in [0.25, 0.3) is 11.8 Å². The zero-order chi connectivity index (χ0) is 21.0. The number of nitrogens with zero attached hydrogens (tertiary/aromatic N) is 1. The number of nitrogens with one attached hydrogen (secondary N) is 1. The Labute approximate surface area is 167 Å². The maximum atomic E-state index is 12.5. The van der Waals surface area contributed by atoms with Crippen molar-refractivity contribution >= 4 is 23.7 Å². The summed E-state index contributed by atoms with van der Waals surface area (Å²) in [4.78, 5) is 49.5. The summed E-state index contributed by atoms with van der Waals surface area (Å²) in [7, 11) is 1.56. The fraction of sp³-hybridized carbons (Fsp3) is 0.238. The van der Waals surface area contributed by atoms with Crippen LogP contribution >= 0.6 is 0 Å². The second kappa shape index (κ2) is 8.55. The van der Waals surface area contributed by atoms with Crippen molar-refractivity contribution in [1.29, 1.82) is 0 Å². The molecule has 1 aliphatic heterocycles. The molecule has 8 nitrogen and oxygen atoms in total. The van der Waals surface area contributed by atoms with Crippen LogP contribution in [0.5, 0.6) is 5.75 Å². The summed E-state index contributed by atoms with van der Waals surface area (Å²) >= 11 is 0. The molecule has 2 aromatic carbocycles. The van der Waals surface area contributed by atoms with E-state index in [4.69, 9.17) is 4.74 Å². The van der Waals surface area contributed by atoms with E-state index in [0.29, 0.717) is 5.75 Å². The van der Waals surface area contributed by atoms with Crippen molar-refractivity contribution in [2.45, 2.75) is 25.4 Å². The van der Waals surface area contributed by atoms with Crippen LogP contribution in [0.25, 0.3) is 0 Å². The number of ether oxygens (including phenoxy) is 1. The number of amides is 3. The van der Waals surface area contributed by atoms with Gasteiger partial charge in [-0.05, 0) is 36.2 Å². The highest BCUT2D eigenvalue weighted by atomic mass is 16.5. The van der Waals surface area contributed by atoms with Gasteiger partial charge in [0.2, 0.25) is 5.91 Å². The van der Waals surface area contributed by atoms with E-state index in [2.05, 4.69) is 5.32 Å². The Balaban J connectivity index is 1.60. The van der Waals surface area contributed by atoms with Gasteiger partial charge >= 0.3 is 5.97 Å². The zero-order valence-corrected chi connectivity index (χ0v) is 15.8. The standard InChI is InChI=1S/C21H20N2O6/c1-29-14-8-6-13(7-9-14)12-22-18(24)11-10-17(21(27)28)23-19(25)15-4-2-3-5-16(15)20(23)26/h2-9,17H,10-12H2,1H3,(H,22,24)(H,27,28). The number of benzene rings is 2. The van der Waals surface area contributed by atoms with Gasteiger partial charge in [-0.2, -0.15) is 0 Å². The molecule has 1 aliphatic rings. The summed E-state index contributed by atoms with van der Waals surface area (Å²) in [5, 5.41) is 12.2. The average molecular weight is 396 g/mol. The van der Waals surface area contributed by atoms with E-state index in [1.807, 2.05) is 0 Å². The van der Waals surface area contributed by atoms with Gasteiger partial charge in [-0.15, -0.1) is 0 Å². The van der Waals surface area contributed by atoms with Crippen LogP contribution < -0.4 is 10.1 Å². The minimum absolute atomic E-state index is 0.138. The Bertz CT molecular complexity index is 919. The molecular formula is C21H20N2O6. The lowest BCUT2D eigenvalue weighted by Gasteiger charge is -2.22. The van der Waals surface area contributed by atoms with Gasteiger partial charge in [0.05, 0.1) is 18.2 Å². The molecule has 2 N–H and O–H groups in total. The molecule has 0 saturated carbocycles. The summed E-state index contributed by atoms with van der Waals surface area (Å²) in [6.45, 7) is 0.271. The normalized spacial score (nSPS) is 13.8. The lowest BCUT2D eigenvalue weighted by Crippen LogP contribution is -2.45. The summed E-state index contributed by atoms with van der Waals surface area (Å²) in [5.74, 6) is -2.32. The Kier molecular flexibility index (Phi) is 5.92. The zero-order valence-electron chi connectivity index (χ0n) is 15.8. The van der Waals surface area contributed by atoms with Crippen LogP contribution in [-0.4, -0.2) is 46.8 Å². The number of imide groups is 1. The Morgan fingerprint density at radius 3 is 2.14 bits per heavy atom. The van der Waals surface area contributed by atoms with Gasteiger partial charge in [-0.1, -0.05) is 24.3 Å². The van der Waals surface area contributed by atoms with Crippen molar-refractivity contribution in [3.63, 3.8) is 0 Å². The average Bonchev–Trinajstić information content (AvgIpc) is 2.98. The quantitative estimate of drug-likeness (QED) is 0.659. The molecule has 150 valence electrons. The fourth-order valence-corrected chi connectivity index (χ4v) is 3.15. The summed E-state index contributed by atoms with van der Waals surface area (Å²) in [6, 6.07) is 11.9. The Hall–Kier alpha value is -3.68. The molecule has 0 aromatic heterocycles. The summed E-state index contributed by atoms with van der Waals surface area (Å²) < 4.78 is 5.07. The van der Waals surface area contributed by atoms with E-state index in [0.717, 1.165) is 10.5 Å². The minimum Gasteiger partial charge on any atom is -0.497 e. The molecule has 1 unspecified atom stereocenters. The predicted octanol–water partition coefficient (Wildman–Crippen LogP) is 1.84. The van der Waals surface area contributed by atoms with Crippen molar-refractivity contribution in [1.82, 2.24) is 10.2 Å². The lowest BCUT2D eigenvalue weighted by atomic mass is 10.1. The van der Waals surface area contributed by atoms with Crippen LogP contribution in [0.3, 0.4) is 0 Å². The van der Waals surface area contributed by atoms with Gasteiger partial charge in [0.1, 0.15) is 11.8 Å². The maximum Gasteiger partial charge on any atom is 0.326 e. The van der Waals surface area contributed by atoms with Crippen LogP contribution in [0.15, 0.2) is 48.5 Å². The highest BCUT2D eigenvalue weighted by Crippen LogP contribution is 2.26. The second-order valence-electron chi connectivity index (χ2n) is 6.54. The molecular weight excluding hydrogens is 376 g/mol. The van der Waals surface area contributed by atoms with Gasteiger partial charge < -0.3 is 15.2 Å². The van der Waals surface area contributed by atoms with Crippen molar-refractivity contribution in [3.05, 3.63) is 65.2 Å². The number of carboxylic acid groups (broad SMARTS) is 1. The van der Waals surface area contributed by atoms with Crippen LogP contribution in [-0.2, 0) is 16.1 Å². The summed E-state index contributed by atoms with van der Waals surface area (Å²) in [5.41, 5.74) is 1.20. The van der Waals surface area contributed by atoms with E-state index >= 15 is 0 Å². The van der Waals surface area contributed by atoms with E-state index < -0.39 is 23.8 Å². The van der Waals surface area contributed by atoms with Gasteiger partial charge in [-0.3, -0.25) is 19.3 Å². The number of fused-ring (bicyclic) bond motifs is 1. The van der Waals surface area contributed by atoms with Crippen LogP contribution in [0.4, 0.5) is 0 Å². The van der Waals surface area contributed by atoms with E-state index in [1.165, 1.54) is 12.1 Å². The molecule has 29 heavy (non-hydrogen) atoms. The molecule has 0 aliphatic carbocycles. The Morgan fingerprint density at radius 1 is 1.03 bits per heavy atom. The number of hydrogen-bond acceptors (Lipinski definition) is 5. The van der Waals surface area contributed by atoms with Crippen LogP contribution in [0.2, 0.25) is 0 Å². The van der Waals surface area contributed by atoms with Crippen molar-refractivity contribution in [2.75, 3.05) is 7.11 Å². The molecule has 0 saturated heterocycles. The van der Waals surface area contributed by atoms with Crippen molar-refractivity contribution in [2.24, 2.45) is 0 Å². The third kappa shape index (κ3) is 4.26. The first kappa shape index (κ1) is 20.1. The largest absolute Gasteiger partial charge is 0.497 e. The fourth-order valence-electron chi connectivity index (χ4n) is 3.15. The number of carbonyl (C=O) groups excluding carboxylic acids is 3. The topological polar surface area (TPSA) is 113 Å².